The molecule has 2 heterocycles. The molecule has 0 saturated carbocycles. The number of hydrogen-bond donors (Lipinski definition) is 2. The number of nitrogens with two attached hydrogens (primary N) is 1. The molecule has 1 unspecified atom stereocenters. The van der Waals surface area contributed by atoms with Crippen LogP contribution in [0.5, 0.6) is 0 Å². The highest BCUT2D eigenvalue weighted by atomic mass is 35.5. The van der Waals surface area contributed by atoms with Crippen molar-refractivity contribution in [3.63, 3.8) is 0 Å². The fourth-order valence-electron chi connectivity index (χ4n) is 2.60. The van der Waals surface area contributed by atoms with Crippen LogP contribution in [0.1, 0.15) is 29.4 Å². The van der Waals surface area contributed by atoms with Crippen molar-refractivity contribution in [3.05, 3.63) is 58.6 Å². The molecule has 1 aliphatic rings. The van der Waals surface area contributed by atoms with Gasteiger partial charge in [-0.15, -0.1) is 0 Å². The molecule has 0 saturated heterocycles. The van der Waals surface area contributed by atoms with Crippen molar-refractivity contribution in [3.8, 4) is 0 Å². The highest BCUT2D eigenvalue weighted by Gasteiger charge is 2.33. The number of aliphatic imine (C=N–C) groups is 1. The van der Waals surface area contributed by atoms with Gasteiger partial charge in [0, 0.05) is 23.9 Å². The van der Waals surface area contributed by atoms with Gasteiger partial charge in [0.2, 0.25) is 0 Å². The summed E-state index contributed by atoms with van der Waals surface area (Å²) in [5.41, 5.74) is 5.73. The Bertz CT molecular complexity index is 841. The van der Waals surface area contributed by atoms with Gasteiger partial charge in [0.15, 0.2) is 0 Å². The third kappa shape index (κ3) is 3.71. The number of ether oxygens (including phenoxy) is 1. The smallest absolute Gasteiger partial charge is 0.282 e. The van der Waals surface area contributed by atoms with E-state index >= 15 is 0 Å². The topological polar surface area (TPSA) is 89.6 Å². The third-order valence-electron chi connectivity index (χ3n) is 3.96. The summed E-state index contributed by atoms with van der Waals surface area (Å²) in [5.74, 6) is -0.849. The molecular formula is C17H16ClFN4O2. The monoisotopic (exact) mass is 362 g/mol. The van der Waals surface area contributed by atoms with Crippen molar-refractivity contribution in [2.24, 2.45) is 10.7 Å². The molecule has 1 aromatic heterocycles. The number of nitrogens with zero attached hydrogens (tertiary/aromatic N) is 2. The van der Waals surface area contributed by atoms with Gasteiger partial charge in [0.05, 0.1) is 17.2 Å². The Kier molecular flexibility index (Phi) is 4.59. The molecule has 1 aliphatic heterocycles. The minimum Gasteiger partial charge on any atom is -0.465 e. The zero-order valence-corrected chi connectivity index (χ0v) is 14.2. The van der Waals surface area contributed by atoms with E-state index in [0.29, 0.717) is 29.3 Å². The van der Waals surface area contributed by atoms with Crippen LogP contribution in [-0.4, -0.2) is 23.5 Å². The average Bonchev–Trinajstić information content (AvgIpc) is 2.57. The lowest BCUT2D eigenvalue weighted by Gasteiger charge is -2.30. The van der Waals surface area contributed by atoms with Crippen molar-refractivity contribution in [1.29, 1.82) is 0 Å². The molecule has 8 heteroatoms. The molecule has 0 spiro atoms. The predicted octanol–water partition coefficient (Wildman–Crippen LogP) is 3.08. The first-order valence-electron chi connectivity index (χ1n) is 7.58. The summed E-state index contributed by atoms with van der Waals surface area (Å²) in [6.45, 7) is 2.11. The quantitative estimate of drug-likeness (QED) is 0.878. The van der Waals surface area contributed by atoms with Crippen molar-refractivity contribution >= 4 is 29.2 Å². The Hall–Kier alpha value is -2.67. The standard InChI is InChI=1S/C17H16ClFN4O2/c1-17(6-7-25-16(20)23-17)12-8-11(3-4-13(12)19)22-15(24)14-5-2-10(18)9-21-14/h2-5,8-9H,6-7H2,1H3,(H2,20,23)(H,22,24). The van der Waals surface area contributed by atoms with Crippen LogP contribution in [0, 0.1) is 5.82 Å². The number of aromatic nitrogens is 1. The van der Waals surface area contributed by atoms with E-state index in [2.05, 4.69) is 15.3 Å². The summed E-state index contributed by atoms with van der Waals surface area (Å²) in [6.07, 6.45) is 1.86. The fraction of sp³-hybridized carbons (Fsp3) is 0.235. The van der Waals surface area contributed by atoms with Gasteiger partial charge in [0.1, 0.15) is 11.5 Å². The van der Waals surface area contributed by atoms with Crippen LogP contribution < -0.4 is 11.1 Å². The molecule has 0 radical (unpaired) electrons. The van der Waals surface area contributed by atoms with Gasteiger partial charge >= 0.3 is 0 Å². The molecule has 3 rings (SSSR count). The van der Waals surface area contributed by atoms with Crippen LogP contribution in [0.4, 0.5) is 10.1 Å². The van der Waals surface area contributed by atoms with E-state index in [1.165, 1.54) is 24.4 Å². The maximum atomic E-state index is 14.3. The largest absolute Gasteiger partial charge is 0.465 e. The number of carbonyl (C=O) groups is 1. The van der Waals surface area contributed by atoms with Gasteiger partial charge in [-0.2, -0.15) is 0 Å². The van der Waals surface area contributed by atoms with E-state index in [0.717, 1.165) is 0 Å². The molecule has 2 aromatic rings. The summed E-state index contributed by atoms with van der Waals surface area (Å²) in [4.78, 5) is 20.4. The number of amidine groups is 1. The van der Waals surface area contributed by atoms with E-state index < -0.39 is 17.3 Å². The first-order valence-corrected chi connectivity index (χ1v) is 7.96. The molecule has 130 valence electrons. The number of anilines is 1. The molecule has 25 heavy (non-hydrogen) atoms. The number of benzene rings is 1. The molecule has 0 aliphatic carbocycles. The van der Waals surface area contributed by atoms with Crippen LogP contribution in [0.15, 0.2) is 41.5 Å². The van der Waals surface area contributed by atoms with E-state index in [1.54, 1.807) is 19.1 Å². The third-order valence-corrected chi connectivity index (χ3v) is 4.18. The number of pyridine rings is 1. The minimum atomic E-state index is -0.855. The van der Waals surface area contributed by atoms with Crippen LogP contribution >= 0.6 is 11.6 Å². The van der Waals surface area contributed by atoms with Crippen LogP contribution in [0.2, 0.25) is 5.02 Å². The predicted molar refractivity (Wildman–Crippen MR) is 93.1 cm³/mol. The highest BCUT2D eigenvalue weighted by molar-refractivity contribution is 6.30. The van der Waals surface area contributed by atoms with Gasteiger partial charge < -0.3 is 15.8 Å². The zero-order valence-electron chi connectivity index (χ0n) is 13.4. The van der Waals surface area contributed by atoms with Gasteiger partial charge in [-0.25, -0.2) is 14.4 Å². The fourth-order valence-corrected chi connectivity index (χ4v) is 2.71. The normalized spacial score (nSPS) is 19.7. The first-order chi connectivity index (χ1) is 11.9. The Morgan fingerprint density at radius 2 is 2.20 bits per heavy atom. The van der Waals surface area contributed by atoms with Crippen LogP contribution in [0.25, 0.3) is 0 Å². The molecule has 1 aromatic carbocycles. The second kappa shape index (κ2) is 6.68. The Balaban J connectivity index is 1.88. The number of rotatable bonds is 3. The summed E-state index contributed by atoms with van der Waals surface area (Å²) in [6, 6.07) is 7.40. The number of hydrogen-bond acceptors (Lipinski definition) is 5. The maximum Gasteiger partial charge on any atom is 0.282 e. The molecular weight excluding hydrogens is 347 g/mol. The lowest BCUT2D eigenvalue weighted by molar-refractivity contribution is 0.102. The van der Waals surface area contributed by atoms with E-state index in [-0.39, 0.29) is 11.7 Å². The van der Waals surface area contributed by atoms with Crippen molar-refractivity contribution in [2.45, 2.75) is 18.9 Å². The minimum absolute atomic E-state index is 0.0213. The van der Waals surface area contributed by atoms with Crippen molar-refractivity contribution < 1.29 is 13.9 Å². The van der Waals surface area contributed by atoms with Crippen LogP contribution in [0.3, 0.4) is 0 Å². The molecule has 0 bridgehead atoms. The second-order valence-electron chi connectivity index (χ2n) is 5.83. The van der Waals surface area contributed by atoms with Crippen LogP contribution in [-0.2, 0) is 10.3 Å². The molecule has 6 nitrogen and oxygen atoms in total. The number of carbonyl (C=O) groups excluding carboxylic acids is 1. The summed E-state index contributed by atoms with van der Waals surface area (Å²) >= 11 is 5.76. The maximum absolute atomic E-state index is 14.3. The second-order valence-corrected chi connectivity index (χ2v) is 6.27. The Labute approximate surface area is 148 Å². The van der Waals surface area contributed by atoms with Gasteiger partial charge in [-0.1, -0.05) is 11.6 Å². The number of amides is 1. The molecule has 3 N–H and O–H groups in total. The molecule has 1 atom stereocenters. The van der Waals surface area contributed by atoms with E-state index in [4.69, 9.17) is 22.1 Å². The van der Waals surface area contributed by atoms with Gasteiger partial charge in [0.25, 0.3) is 11.9 Å². The average molecular weight is 363 g/mol. The highest BCUT2D eigenvalue weighted by Crippen LogP contribution is 2.35. The number of nitrogens with one attached hydrogen (secondary N) is 1. The SMILES string of the molecule is CC1(c2cc(NC(=O)c3ccc(Cl)cn3)ccc2F)CCOC(N)=N1. The summed E-state index contributed by atoms with van der Waals surface area (Å²) < 4.78 is 19.5. The Morgan fingerprint density at radius 3 is 2.88 bits per heavy atom. The Morgan fingerprint density at radius 1 is 1.40 bits per heavy atom. The number of halogens is 2. The summed E-state index contributed by atoms with van der Waals surface area (Å²) in [5, 5.41) is 3.12. The summed E-state index contributed by atoms with van der Waals surface area (Å²) in [7, 11) is 0. The zero-order chi connectivity index (χ0) is 18.0. The molecule has 1 amide bonds. The van der Waals surface area contributed by atoms with E-state index in [1.807, 2.05) is 0 Å². The van der Waals surface area contributed by atoms with Gasteiger partial charge in [-0.05, 0) is 37.3 Å². The van der Waals surface area contributed by atoms with Crippen molar-refractivity contribution in [2.75, 3.05) is 11.9 Å². The van der Waals surface area contributed by atoms with Gasteiger partial charge in [-0.3, -0.25) is 4.79 Å². The van der Waals surface area contributed by atoms with E-state index in [9.17, 15) is 9.18 Å². The lowest BCUT2D eigenvalue weighted by Crippen LogP contribution is -2.34. The molecule has 0 fully saturated rings. The lowest BCUT2D eigenvalue weighted by atomic mass is 9.88. The first kappa shape index (κ1) is 17.2. The van der Waals surface area contributed by atoms with Crippen molar-refractivity contribution in [1.82, 2.24) is 4.98 Å².